The molecule has 1 aliphatic heterocycles. The van der Waals surface area contributed by atoms with Crippen LogP contribution >= 0.6 is 11.3 Å². The average Bonchev–Trinajstić information content (AvgIpc) is 3.14. The van der Waals surface area contributed by atoms with Gasteiger partial charge in [0.2, 0.25) is 10.0 Å². The van der Waals surface area contributed by atoms with Crippen molar-refractivity contribution >= 4 is 31.4 Å². The van der Waals surface area contributed by atoms with E-state index in [2.05, 4.69) is 4.90 Å². The maximum atomic E-state index is 12.7. The summed E-state index contributed by atoms with van der Waals surface area (Å²) in [5.41, 5.74) is 2.05. The molecule has 160 valence electrons. The highest BCUT2D eigenvalue weighted by molar-refractivity contribution is 7.88. The Morgan fingerprint density at radius 2 is 1.77 bits per heavy atom. The second-order valence-corrected chi connectivity index (χ2v) is 10.7. The van der Waals surface area contributed by atoms with Gasteiger partial charge in [-0.25, -0.2) is 8.42 Å². The van der Waals surface area contributed by atoms with Crippen molar-refractivity contribution in [2.24, 2.45) is 7.05 Å². The minimum absolute atomic E-state index is 0.00772. The molecule has 3 aromatic rings. The van der Waals surface area contributed by atoms with E-state index in [-0.39, 0.29) is 5.56 Å². The molecule has 0 saturated carbocycles. The molecule has 0 aliphatic carbocycles. The molecular formula is C21H25N3O4S2. The van der Waals surface area contributed by atoms with Gasteiger partial charge in [0.25, 0.3) is 5.56 Å². The van der Waals surface area contributed by atoms with Gasteiger partial charge in [0.1, 0.15) is 5.75 Å². The molecule has 1 fully saturated rings. The summed E-state index contributed by atoms with van der Waals surface area (Å²) in [6.45, 7) is 3.09. The van der Waals surface area contributed by atoms with Crippen LogP contribution < -0.4 is 10.3 Å². The number of pyridine rings is 1. The van der Waals surface area contributed by atoms with Crippen LogP contribution in [0.1, 0.15) is 4.88 Å². The Morgan fingerprint density at radius 3 is 2.37 bits per heavy atom. The van der Waals surface area contributed by atoms with Gasteiger partial charge >= 0.3 is 0 Å². The fourth-order valence-corrected chi connectivity index (χ4v) is 5.85. The summed E-state index contributed by atoms with van der Waals surface area (Å²) in [5, 5.41) is 0.723. The number of aromatic nitrogens is 1. The number of hydrogen-bond donors (Lipinski definition) is 0. The summed E-state index contributed by atoms with van der Waals surface area (Å²) in [5.74, 6) is 0.792. The monoisotopic (exact) mass is 447 g/mol. The SMILES string of the molecule is COc1ccc(-c2cn(C)c(=O)c3cc(CN4CCN(S(C)(=O)=O)CC4)sc23)cc1. The second kappa shape index (κ2) is 8.14. The maximum Gasteiger partial charge on any atom is 0.259 e. The highest BCUT2D eigenvalue weighted by atomic mass is 32.2. The number of sulfonamides is 1. The van der Waals surface area contributed by atoms with Crippen molar-refractivity contribution in [3.05, 3.63) is 51.8 Å². The molecule has 0 bridgehead atoms. The standard InChI is InChI=1S/C21H25N3O4S2/c1-22-14-19(15-4-6-16(28-2)7-5-15)20-18(21(22)25)12-17(29-20)13-23-8-10-24(11-9-23)30(3,26)27/h4-7,12,14H,8-11,13H2,1-3H3. The molecule has 0 N–H and O–H groups in total. The third-order valence-corrected chi connectivity index (χ3v) is 7.94. The van der Waals surface area contributed by atoms with Crippen LogP contribution in [0.4, 0.5) is 0 Å². The molecule has 0 spiro atoms. The molecule has 0 unspecified atom stereocenters. The van der Waals surface area contributed by atoms with Crippen molar-refractivity contribution in [2.75, 3.05) is 39.5 Å². The first-order valence-corrected chi connectivity index (χ1v) is 12.4. The maximum absolute atomic E-state index is 12.7. The van der Waals surface area contributed by atoms with Crippen LogP contribution in [0.25, 0.3) is 21.2 Å². The Hall–Kier alpha value is -2.20. The minimum Gasteiger partial charge on any atom is -0.497 e. The van der Waals surface area contributed by atoms with Gasteiger partial charge in [0.15, 0.2) is 0 Å². The van der Waals surface area contributed by atoms with E-state index >= 15 is 0 Å². The molecule has 3 heterocycles. The predicted octanol–water partition coefficient (Wildman–Crippen LogP) is 2.35. The largest absolute Gasteiger partial charge is 0.497 e. The molecule has 7 nitrogen and oxygen atoms in total. The average molecular weight is 448 g/mol. The molecule has 0 amide bonds. The molecule has 9 heteroatoms. The number of piperazine rings is 1. The van der Waals surface area contributed by atoms with Crippen molar-refractivity contribution in [3.8, 4) is 16.9 Å². The second-order valence-electron chi connectivity index (χ2n) is 7.58. The van der Waals surface area contributed by atoms with Gasteiger partial charge in [0.05, 0.1) is 18.8 Å². The molecule has 30 heavy (non-hydrogen) atoms. The number of ether oxygens (including phenoxy) is 1. The lowest BCUT2D eigenvalue weighted by Gasteiger charge is -2.32. The zero-order valence-electron chi connectivity index (χ0n) is 17.3. The van der Waals surface area contributed by atoms with Crippen molar-refractivity contribution in [1.29, 1.82) is 0 Å². The van der Waals surface area contributed by atoms with Gasteiger partial charge < -0.3 is 9.30 Å². The number of nitrogens with zero attached hydrogens (tertiary/aromatic N) is 3. The summed E-state index contributed by atoms with van der Waals surface area (Å²) < 4.78 is 32.8. The predicted molar refractivity (Wildman–Crippen MR) is 121 cm³/mol. The number of methoxy groups -OCH3 is 1. The van der Waals surface area contributed by atoms with E-state index in [0.717, 1.165) is 31.8 Å². The van der Waals surface area contributed by atoms with E-state index in [1.54, 1.807) is 30.1 Å². The van der Waals surface area contributed by atoms with E-state index in [1.807, 2.05) is 36.5 Å². The third kappa shape index (κ3) is 4.15. The van der Waals surface area contributed by atoms with Crippen molar-refractivity contribution < 1.29 is 13.2 Å². The van der Waals surface area contributed by atoms with Gasteiger partial charge in [0, 0.05) is 61.1 Å². The highest BCUT2D eigenvalue weighted by Crippen LogP contribution is 2.34. The van der Waals surface area contributed by atoms with Crippen LogP contribution in [0.5, 0.6) is 5.75 Å². The summed E-state index contributed by atoms with van der Waals surface area (Å²) >= 11 is 1.63. The molecule has 1 saturated heterocycles. The van der Waals surface area contributed by atoms with Gasteiger partial charge in [-0.1, -0.05) is 12.1 Å². The van der Waals surface area contributed by atoms with Gasteiger partial charge in [-0.2, -0.15) is 4.31 Å². The highest BCUT2D eigenvalue weighted by Gasteiger charge is 2.24. The molecule has 4 rings (SSSR count). The topological polar surface area (TPSA) is 71.8 Å². The Morgan fingerprint density at radius 1 is 1.10 bits per heavy atom. The number of fused-ring (bicyclic) bond motifs is 1. The van der Waals surface area contributed by atoms with E-state index in [0.29, 0.717) is 32.7 Å². The van der Waals surface area contributed by atoms with Crippen LogP contribution in [0.15, 0.2) is 41.3 Å². The molecule has 0 radical (unpaired) electrons. The molecule has 2 aromatic heterocycles. The van der Waals surface area contributed by atoms with E-state index in [1.165, 1.54) is 10.6 Å². The number of benzene rings is 1. The lowest BCUT2D eigenvalue weighted by Crippen LogP contribution is -2.47. The zero-order chi connectivity index (χ0) is 21.5. The van der Waals surface area contributed by atoms with Crippen LogP contribution in [0.3, 0.4) is 0 Å². The van der Waals surface area contributed by atoms with Crippen molar-refractivity contribution in [2.45, 2.75) is 6.54 Å². The lowest BCUT2D eigenvalue weighted by molar-refractivity contribution is 0.183. The first-order valence-electron chi connectivity index (χ1n) is 9.70. The number of aryl methyl sites for hydroxylation is 1. The van der Waals surface area contributed by atoms with Gasteiger partial charge in [-0.05, 0) is 23.8 Å². The summed E-state index contributed by atoms with van der Waals surface area (Å²) in [6, 6.07) is 9.83. The summed E-state index contributed by atoms with van der Waals surface area (Å²) in [4.78, 5) is 16.1. The first-order chi connectivity index (χ1) is 14.3. The molecule has 1 aliphatic rings. The van der Waals surface area contributed by atoms with Crippen molar-refractivity contribution in [1.82, 2.24) is 13.8 Å². The number of rotatable bonds is 5. The Kier molecular flexibility index (Phi) is 5.71. The number of thiophene rings is 1. The zero-order valence-corrected chi connectivity index (χ0v) is 18.9. The minimum atomic E-state index is -3.14. The van der Waals surface area contributed by atoms with Crippen LogP contribution in [-0.2, 0) is 23.6 Å². The van der Waals surface area contributed by atoms with Crippen molar-refractivity contribution in [3.63, 3.8) is 0 Å². The molecular weight excluding hydrogens is 422 g/mol. The van der Waals surface area contributed by atoms with E-state index < -0.39 is 10.0 Å². The van der Waals surface area contributed by atoms with Gasteiger partial charge in [-0.15, -0.1) is 11.3 Å². The van der Waals surface area contributed by atoms with Crippen LogP contribution in [0, 0.1) is 0 Å². The smallest absolute Gasteiger partial charge is 0.259 e. The fraction of sp³-hybridized carbons (Fsp3) is 0.381. The number of hydrogen-bond acceptors (Lipinski definition) is 6. The Balaban J connectivity index is 1.63. The Labute approximate surface area is 180 Å². The molecule has 1 aromatic carbocycles. The van der Waals surface area contributed by atoms with Gasteiger partial charge in [-0.3, -0.25) is 9.69 Å². The summed E-state index contributed by atoms with van der Waals surface area (Å²) in [6.07, 6.45) is 3.14. The van der Waals surface area contributed by atoms with E-state index in [4.69, 9.17) is 4.74 Å². The Bertz CT molecular complexity index is 1220. The lowest BCUT2D eigenvalue weighted by atomic mass is 10.1. The van der Waals surface area contributed by atoms with E-state index in [9.17, 15) is 13.2 Å². The molecule has 0 atom stereocenters. The first kappa shape index (κ1) is 21.0. The normalized spacial score (nSPS) is 16.2. The van der Waals surface area contributed by atoms with Crippen LogP contribution in [0.2, 0.25) is 0 Å². The summed E-state index contributed by atoms with van der Waals surface area (Å²) in [7, 11) is 0.276. The fourth-order valence-electron chi connectivity index (χ4n) is 3.80. The third-order valence-electron chi connectivity index (χ3n) is 5.48. The van der Waals surface area contributed by atoms with Crippen LogP contribution in [-0.4, -0.2) is 61.7 Å². The quantitative estimate of drug-likeness (QED) is 0.600.